The van der Waals surface area contributed by atoms with Gasteiger partial charge in [0.2, 0.25) is 0 Å². The lowest BCUT2D eigenvalue weighted by atomic mass is 10.2. The molecule has 4 nitrogen and oxygen atoms in total. The van der Waals surface area contributed by atoms with Crippen molar-refractivity contribution in [3.05, 3.63) is 71.8 Å². The highest BCUT2D eigenvalue weighted by molar-refractivity contribution is 7.89. The van der Waals surface area contributed by atoms with Gasteiger partial charge in [0.25, 0.3) is 10.0 Å². The minimum atomic E-state index is -3.71. The van der Waals surface area contributed by atoms with E-state index >= 15 is 0 Å². The lowest BCUT2D eigenvalue weighted by Gasteiger charge is -2.28. The molecule has 0 bridgehead atoms. The Hall–Kier alpha value is -2.11. The standard InChI is InChI=1S/C18H19NO3S/c1-14-7-10-17(11-8-14)23(21,22)19-16(13-20)9-12-18(19)15-5-3-2-4-6-15/h2-8,10-12,16,20H,9,13H2,1H3. The third-order valence-electron chi connectivity index (χ3n) is 4.01. The Morgan fingerprint density at radius 3 is 2.35 bits per heavy atom. The molecule has 0 fully saturated rings. The second kappa shape index (κ2) is 6.18. The number of aliphatic hydroxyl groups is 1. The molecule has 0 spiro atoms. The first-order chi connectivity index (χ1) is 11.0. The van der Waals surface area contributed by atoms with Gasteiger partial charge >= 0.3 is 0 Å². The molecule has 1 aliphatic rings. The van der Waals surface area contributed by atoms with Gasteiger partial charge in [-0.25, -0.2) is 8.42 Å². The number of aliphatic hydroxyl groups excluding tert-OH is 1. The molecule has 0 amide bonds. The fraction of sp³-hybridized carbons (Fsp3) is 0.222. The molecular weight excluding hydrogens is 310 g/mol. The first-order valence-electron chi connectivity index (χ1n) is 7.51. The van der Waals surface area contributed by atoms with E-state index in [9.17, 15) is 13.5 Å². The molecule has 3 rings (SSSR count). The molecule has 23 heavy (non-hydrogen) atoms. The molecule has 5 heteroatoms. The van der Waals surface area contributed by atoms with E-state index in [4.69, 9.17) is 0 Å². The number of sulfonamides is 1. The van der Waals surface area contributed by atoms with Crippen LogP contribution in [0.4, 0.5) is 0 Å². The van der Waals surface area contributed by atoms with Crippen molar-refractivity contribution in [1.82, 2.24) is 4.31 Å². The van der Waals surface area contributed by atoms with Gasteiger partial charge in [-0.1, -0.05) is 54.1 Å². The van der Waals surface area contributed by atoms with Crippen molar-refractivity contribution >= 4 is 15.7 Å². The van der Waals surface area contributed by atoms with Gasteiger partial charge in [0.15, 0.2) is 0 Å². The van der Waals surface area contributed by atoms with Crippen LogP contribution in [0.25, 0.3) is 5.70 Å². The summed E-state index contributed by atoms with van der Waals surface area (Å²) in [6.45, 7) is 1.70. The first kappa shape index (κ1) is 15.8. The molecule has 2 aromatic rings. The van der Waals surface area contributed by atoms with Crippen molar-refractivity contribution in [3.8, 4) is 0 Å². The zero-order valence-electron chi connectivity index (χ0n) is 12.9. The van der Waals surface area contributed by atoms with Crippen LogP contribution in [0.3, 0.4) is 0 Å². The van der Waals surface area contributed by atoms with Crippen molar-refractivity contribution in [1.29, 1.82) is 0 Å². The Kier molecular flexibility index (Phi) is 4.24. The van der Waals surface area contributed by atoms with Crippen LogP contribution in [0.15, 0.2) is 65.6 Å². The molecule has 0 radical (unpaired) electrons. The van der Waals surface area contributed by atoms with Crippen LogP contribution in [0.2, 0.25) is 0 Å². The minimum absolute atomic E-state index is 0.210. The maximum Gasteiger partial charge on any atom is 0.264 e. The monoisotopic (exact) mass is 329 g/mol. The van der Waals surface area contributed by atoms with Gasteiger partial charge in [0.1, 0.15) is 0 Å². The van der Waals surface area contributed by atoms with Gasteiger partial charge < -0.3 is 5.11 Å². The summed E-state index contributed by atoms with van der Waals surface area (Å²) in [6, 6.07) is 15.7. The highest BCUT2D eigenvalue weighted by Gasteiger charge is 2.36. The average Bonchev–Trinajstić information content (AvgIpc) is 3.01. The fourth-order valence-electron chi connectivity index (χ4n) is 2.78. The largest absolute Gasteiger partial charge is 0.394 e. The SMILES string of the molecule is Cc1ccc(S(=O)(=O)N2C(c3ccccc3)=CCC2CO)cc1. The minimum Gasteiger partial charge on any atom is -0.394 e. The highest BCUT2D eigenvalue weighted by atomic mass is 32.2. The number of aryl methyl sites for hydroxylation is 1. The van der Waals surface area contributed by atoms with E-state index in [1.54, 1.807) is 24.3 Å². The molecule has 0 aliphatic carbocycles. The zero-order valence-corrected chi connectivity index (χ0v) is 13.7. The van der Waals surface area contributed by atoms with E-state index in [0.717, 1.165) is 11.1 Å². The van der Waals surface area contributed by atoms with Crippen molar-refractivity contribution in [2.45, 2.75) is 24.3 Å². The van der Waals surface area contributed by atoms with E-state index < -0.39 is 16.1 Å². The van der Waals surface area contributed by atoms with E-state index in [1.807, 2.05) is 43.3 Å². The van der Waals surface area contributed by atoms with Crippen LogP contribution in [0.5, 0.6) is 0 Å². The lowest BCUT2D eigenvalue weighted by Crippen LogP contribution is -2.37. The topological polar surface area (TPSA) is 57.6 Å². The number of hydrogen-bond acceptors (Lipinski definition) is 3. The molecule has 0 saturated carbocycles. The molecule has 1 aliphatic heterocycles. The zero-order chi connectivity index (χ0) is 16.4. The number of nitrogens with zero attached hydrogens (tertiary/aromatic N) is 1. The maximum atomic E-state index is 13.1. The van der Waals surface area contributed by atoms with Crippen LogP contribution in [-0.4, -0.2) is 30.5 Å². The third-order valence-corrected chi connectivity index (χ3v) is 5.89. The Labute approximate surface area is 136 Å². The Morgan fingerprint density at radius 1 is 1.09 bits per heavy atom. The molecular formula is C18H19NO3S. The second-order valence-electron chi connectivity index (χ2n) is 5.64. The Bertz CT molecular complexity index is 811. The van der Waals surface area contributed by atoms with E-state index in [2.05, 4.69) is 0 Å². The summed E-state index contributed by atoms with van der Waals surface area (Å²) in [5, 5.41) is 9.62. The van der Waals surface area contributed by atoms with Crippen LogP contribution < -0.4 is 0 Å². The summed E-state index contributed by atoms with van der Waals surface area (Å²) in [5.41, 5.74) is 2.47. The molecule has 1 atom stereocenters. The van der Waals surface area contributed by atoms with Gasteiger partial charge in [-0.15, -0.1) is 0 Å². The summed E-state index contributed by atoms with van der Waals surface area (Å²) >= 11 is 0. The van der Waals surface area contributed by atoms with Crippen molar-refractivity contribution in [2.24, 2.45) is 0 Å². The summed E-state index contributed by atoms with van der Waals surface area (Å²) in [4.78, 5) is 0.241. The summed E-state index contributed by atoms with van der Waals surface area (Å²) in [7, 11) is -3.71. The van der Waals surface area contributed by atoms with Crippen molar-refractivity contribution in [2.75, 3.05) is 6.61 Å². The van der Waals surface area contributed by atoms with Gasteiger partial charge in [-0.2, -0.15) is 0 Å². The van der Waals surface area contributed by atoms with Crippen LogP contribution in [-0.2, 0) is 10.0 Å². The predicted molar refractivity (Wildman–Crippen MR) is 90.1 cm³/mol. The number of benzene rings is 2. The smallest absolute Gasteiger partial charge is 0.264 e. The van der Waals surface area contributed by atoms with E-state index in [1.165, 1.54) is 4.31 Å². The Balaban J connectivity index is 2.06. The van der Waals surface area contributed by atoms with Crippen LogP contribution >= 0.6 is 0 Å². The van der Waals surface area contributed by atoms with Gasteiger partial charge in [-0.3, -0.25) is 4.31 Å². The maximum absolute atomic E-state index is 13.1. The van der Waals surface area contributed by atoms with Crippen molar-refractivity contribution < 1.29 is 13.5 Å². The molecule has 1 unspecified atom stereocenters. The number of rotatable bonds is 4. The average molecular weight is 329 g/mol. The predicted octanol–water partition coefficient (Wildman–Crippen LogP) is 2.79. The van der Waals surface area contributed by atoms with Gasteiger partial charge in [0.05, 0.1) is 23.2 Å². The van der Waals surface area contributed by atoms with Crippen LogP contribution in [0.1, 0.15) is 17.5 Å². The Morgan fingerprint density at radius 2 is 1.74 bits per heavy atom. The van der Waals surface area contributed by atoms with E-state index in [0.29, 0.717) is 12.1 Å². The van der Waals surface area contributed by atoms with E-state index in [-0.39, 0.29) is 11.5 Å². The van der Waals surface area contributed by atoms with Gasteiger partial charge in [0, 0.05) is 0 Å². The fourth-order valence-corrected chi connectivity index (χ4v) is 4.47. The molecule has 0 aromatic heterocycles. The second-order valence-corrected chi connectivity index (χ2v) is 7.46. The molecule has 0 saturated heterocycles. The van der Waals surface area contributed by atoms with Gasteiger partial charge in [-0.05, 0) is 31.0 Å². The van der Waals surface area contributed by atoms with Crippen LogP contribution in [0, 0.1) is 6.92 Å². The first-order valence-corrected chi connectivity index (χ1v) is 8.95. The highest BCUT2D eigenvalue weighted by Crippen LogP contribution is 2.35. The quantitative estimate of drug-likeness (QED) is 0.938. The van der Waals surface area contributed by atoms with Crippen molar-refractivity contribution in [3.63, 3.8) is 0 Å². The molecule has 120 valence electrons. The molecule has 1 heterocycles. The normalized spacial score (nSPS) is 18.1. The summed E-state index contributed by atoms with van der Waals surface area (Å²) < 4.78 is 27.5. The summed E-state index contributed by atoms with van der Waals surface area (Å²) in [5.74, 6) is 0. The summed E-state index contributed by atoms with van der Waals surface area (Å²) in [6.07, 6.45) is 2.38. The molecule has 1 N–H and O–H groups in total. The number of hydrogen-bond donors (Lipinski definition) is 1. The third kappa shape index (κ3) is 2.90. The molecule has 2 aromatic carbocycles. The lowest BCUT2D eigenvalue weighted by molar-refractivity contribution is 0.225.